The minimum Gasteiger partial charge on any atom is -0.385 e. The average molecular weight is 260 g/mol. The van der Waals surface area contributed by atoms with E-state index in [1.54, 1.807) is 0 Å². The second-order valence-corrected chi connectivity index (χ2v) is 5.28. The molecule has 3 nitrogen and oxygen atoms in total. The van der Waals surface area contributed by atoms with Crippen molar-refractivity contribution in [1.82, 2.24) is 4.90 Å². The summed E-state index contributed by atoms with van der Waals surface area (Å²) in [5.74, 6) is 0.184. The van der Waals surface area contributed by atoms with Gasteiger partial charge in [0.25, 0.3) is 5.91 Å². The lowest BCUT2D eigenvalue weighted by molar-refractivity contribution is 0.0734. The number of nitrogens with zero attached hydrogens (tertiary/aromatic N) is 1. The summed E-state index contributed by atoms with van der Waals surface area (Å²) in [6.07, 6.45) is 3.32. The van der Waals surface area contributed by atoms with Crippen LogP contribution in [0.4, 0.5) is 5.69 Å². The predicted octanol–water partition coefficient (Wildman–Crippen LogP) is 3.44. The van der Waals surface area contributed by atoms with Crippen molar-refractivity contribution in [3.63, 3.8) is 0 Å². The fraction of sp³-hybridized carbons (Fsp3) is 0.562. The van der Waals surface area contributed by atoms with Crippen LogP contribution in [0.25, 0.3) is 0 Å². The van der Waals surface area contributed by atoms with E-state index in [1.807, 2.05) is 19.1 Å². The van der Waals surface area contributed by atoms with Crippen molar-refractivity contribution < 1.29 is 4.79 Å². The first-order valence-electron chi connectivity index (χ1n) is 7.32. The van der Waals surface area contributed by atoms with Crippen molar-refractivity contribution in [3.8, 4) is 0 Å². The number of carbonyl (C=O) groups is 1. The molecule has 1 aliphatic rings. The van der Waals surface area contributed by atoms with Crippen LogP contribution in [-0.4, -0.2) is 29.9 Å². The summed E-state index contributed by atoms with van der Waals surface area (Å²) < 4.78 is 0. The lowest BCUT2D eigenvalue weighted by Gasteiger charge is -2.25. The Labute approximate surface area is 116 Å². The van der Waals surface area contributed by atoms with Gasteiger partial charge in [0.2, 0.25) is 0 Å². The quantitative estimate of drug-likeness (QED) is 0.899. The van der Waals surface area contributed by atoms with Gasteiger partial charge in [-0.25, -0.2) is 0 Å². The summed E-state index contributed by atoms with van der Waals surface area (Å²) in [7, 11) is 0. The fourth-order valence-corrected chi connectivity index (χ4v) is 2.86. The molecule has 0 aliphatic carbocycles. The van der Waals surface area contributed by atoms with E-state index in [9.17, 15) is 4.79 Å². The Morgan fingerprint density at radius 1 is 1.42 bits per heavy atom. The second-order valence-electron chi connectivity index (χ2n) is 5.28. The molecule has 0 aromatic heterocycles. The van der Waals surface area contributed by atoms with Gasteiger partial charge in [-0.3, -0.25) is 4.79 Å². The van der Waals surface area contributed by atoms with Crippen molar-refractivity contribution in [2.45, 2.75) is 46.1 Å². The molecular formula is C16H24N2O. The molecule has 19 heavy (non-hydrogen) atoms. The highest BCUT2D eigenvalue weighted by Crippen LogP contribution is 2.26. The smallest absolute Gasteiger partial charge is 0.256 e. The molecule has 1 unspecified atom stereocenters. The minimum atomic E-state index is 0.184. The van der Waals surface area contributed by atoms with Crippen LogP contribution in [0, 0.1) is 6.92 Å². The largest absolute Gasteiger partial charge is 0.385 e. The average Bonchev–Trinajstić information content (AvgIpc) is 2.88. The Hall–Kier alpha value is -1.51. The van der Waals surface area contributed by atoms with Crippen LogP contribution in [0.1, 0.15) is 49.0 Å². The fourth-order valence-electron chi connectivity index (χ4n) is 2.86. The number of benzene rings is 1. The van der Waals surface area contributed by atoms with Gasteiger partial charge < -0.3 is 10.2 Å². The van der Waals surface area contributed by atoms with Crippen molar-refractivity contribution in [2.75, 3.05) is 18.4 Å². The van der Waals surface area contributed by atoms with E-state index in [1.165, 1.54) is 0 Å². The second kappa shape index (κ2) is 6.09. The summed E-state index contributed by atoms with van der Waals surface area (Å²) in [5, 5.41) is 3.29. The first-order chi connectivity index (χ1) is 9.17. The number of anilines is 1. The van der Waals surface area contributed by atoms with E-state index < -0.39 is 0 Å². The van der Waals surface area contributed by atoms with Crippen LogP contribution in [0.2, 0.25) is 0 Å². The van der Waals surface area contributed by atoms with Gasteiger partial charge in [-0.15, -0.1) is 0 Å². The van der Waals surface area contributed by atoms with Crippen LogP contribution in [-0.2, 0) is 0 Å². The van der Waals surface area contributed by atoms with Gasteiger partial charge in [0, 0.05) is 24.8 Å². The first kappa shape index (κ1) is 13.9. The summed E-state index contributed by atoms with van der Waals surface area (Å²) in [6, 6.07) is 6.49. The number of aryl methyl sites for hydroxylation is 1. The van der Waals surface area contributed by atoms with E-state index in [4.69, 9.17) is 0 Å². The highest BCUT2D eigenvalue weighted by Gasteiger charge is 2.29. The molecule has 1 atom stereocenters. The third kappa shape index (κ3) is 2.91. The Balaban J connectivity index is 2.29. The molecule has 0 spiro atoms. The normalized spacial score (nSPS) is 18.7. The predicted molar refractivity (Wildman–Crippen MR) is 79.7 cm³/mol. The Morgan fingerprint density at radius 2 is 2.21 bits per heavy atom. The van der Waals surface area contributed by atoms with Gasteiger partial charge in [0.15, 0.2) is 0 Å². The first-order valence-corrected chi connectivity index (χ1v) is 7.32. The molecule has 1 fully saturated rings. The summed E-state index contributed by atoms with van der Waals surface area (Å²) in [4.78, 5) is 14.8. The van der Waals surface area contributed by atoms with Crippen molar-refractivity contribution in [3.05, 3.63) is 29.3 Å². The van der Waals surface area contributed by atoms with Crippen LogP contribution in [0.5, 0.6) is 0 Å². The number of amides is 1. The van der Waals surface area contributed by atoms with Gasteiger partial charge in [-0.05, 0) is 45.2 Å². The Kier molecular flexibility index (Phi) is 4.46. The third-order valence-electron chi connectivity index (χ3n) is 3.88. The molecule has 0 saturated carbocycles. The Bertz CT molecular complexity index is 456. The highest BCUT2D eigenvalue weighted by atomic mass is 16.2. The maximum Gasteiger partial charge on any atom is 0.256 e. The van der Waals surface area contributed by atoms with Crippen LogP contribution in [0.3, 0.4) is 0 Å². The topological polar surface area (TPSA) is 32.3 Å². The van der Waals surface area contributed by atoms with E-state index in [0.717, 1.165) is 49.2 Å². The molecule has 1 heterocycles. The van der Waals surface area contributed by atoms with Gasteiger partial charge in [0.1, 0.15) is 0 Å². The number of hydrogen-bond acceptors (Lipinski definition) is 2. The minimum absolute atomic E-state index is 0.184. The summed E-state index contributed by atoms with van der Waals surface area (Å²) in [6.45, 7) is 7.99. The van der Waals surface area contributed by atoms with Gasteiger partial charge in [-0.1, -0.05) is 18.6 Å². The zero-order valence-electron chi connectivity index (χ0n) is 12.2. The van der Waals surface area contributed by atoms with Crippen LogP contribution in [0.15, 0.2) is 18.2 Å². The maximum atomic E-state index is 12.8. The molecule has 3 heteroatoms. The molecule has 104 valence electrons. The Morgan fingerprint density at radius 3 is 2.89 bits per heavy atom. The zero-order valence-corrected chi connectivity index (χ0v) is 12.2. The van der Waals surface area contributed by atoms with Crippen LogP contribution < -0.4 is 5.32 Å². The monoisotopic (exact) mass is 260 g/mol. The van der Waals surface area contributed by atoms with Crippen molar-refractivity contribution in [1.29, 1.82) is 0 Å². The van der Waals surface area contributed by atoms with E-state index in [0.29, 0.717) is 6.04 Å². The number of carbonyl (C=O) groups excluding carboxylic acids is 1. The lowest BCUT2D eigenvalue weighted by atomic mass is 10.1. The summed E-state index contributed by atoms with van der Waals surface area (Å²) in [5.41, 5.74) is 2.92. The molecule has 1 aromatic carbocycles. The lowest BCUT2D eigenvalue weighted by Crippen LogP contribution is -2.35. The van der Waals surface area contributed by atoms with E-state index in [-0.39, 0.29) is 5.91 Å². The van der Waals surface area contributed by atoms with Gasteiger partial charge >= 0.3 is 0 Å². The third-order valence-corrected chi connectivity index (χ3v) is 3.88. The molecule has 2 rings (SSSR count). The number of nitrogens with one attached hydrogen (secondary N) is 1. The standard InChI is InChI=1S/C16H24N2O/c1-4-13-7-6-10-18(13)16(19)14-11-12(3)8-9-15(14)17-5-2/h8-9,11,13,17H,4-7,10H2,1-3H3. The molecule has 0 radical (unpaired) electrons. The van der Waals surface area contributed by atoms with Crippen molar-refractivity contribution in [2.24, 2.45) is 0 Å². The zero-order chi connectivity index (χ0) is 13.8. The molecule has 1 amide bonds. The van der Waals surface area contributed by atoms with E-state index >= 15 is 0 Å². The molecule has 1 saturated heterocycles. The maximum absolute atomic E-state index is 12.8. The summed E-state index contributed by atoms with van der Waals surface area (Å²) >= 11 is 0. The highest BCUT2D eigenvalue weighted by molar-refractivity contribution is 6.00. The van der Waals surface area contributed by atoms with Gasteiger partial charge in [-0.2, -0.15) is 0 Å². The SMILES string of the molecule is CCNc1ccc(C)cc1C(=O)N1CCCC1CC. The molecule has 1 aliphatic heterocycles. The van der Waals surface area contributed by atoms with Crippen molar-refractivity contribution >= 4 is 11.6 Å². The molecular weight excluding hydrogens is 236 g/mol. The number of hydrogen-bond donors (Lipinski definition) is 1. The molecule has 1 aromatic rings. The number of rotatable bonds is 4. The van der Waals surface area contributed by atoms with Crippen LogP contribution >= 0.6 is 0 Å². The van der Waals surface area contributed by atoms with E-state index in [2.05, 4.69) is 30.1 Å². The van der Waals surface area contributed by atoms with Gasteiger partial charge in [0.05, 0.1) is 5.56 Å². The number of likely N-dealkylation sites (tertiary alicyclic amines) is 1. The molecule has 0 bridgehead atoms. The molecule has 1 N–H and O–H groups in total.